The predicted molar refractivity (Wildman–Crippen MR) is 299 cm³/mol. The topological polar surface area (TPSA) is 201 Å². The van der Waals surface area contributed by atoms with E-state index in [4.69, 9.17) is 56.5 Å². The van der Waals surface area contributed by atoms with Crippen molar-refractivity contribution >= 4 is 14.2 Å². The number of ether oxygens (including phenoxy) is 11. The number of carbonyl (C=O) groups is 1. The van der Waals surface area contributed by atoms with Crippen LogP contribution in [0.5, 0.6) is 5.75 Å². The molecule has 3 aliphatic heterocycles. The number of nitrogens with one attached hydrogen (secondary N) is 1. The molecule has 3 fully saturated rings. The van der Waals surface area contributed by atoms with Gasteiger partial charge in [-0.1, -0.05) is 154 Å². The van der Waals surface area contributed by atoms with E-state index in [2.05, 4.69) is 39.2 Å². The smallest absolute Gasteiger partial charge is 0.217 e. The average molecular weight is 1120 g/mol. The number of carbonyl (C=O) groups excluding carboxylic acids is 1. The van der Waals surface area contributed by atoms with E-state index >= 15 is 0 Å². The van der Waals surface area contributed by atoms with Crippen molar-refractivity contribution in [1.82, 2.24) is 5.32 Å². The number of hydrogen-bond acceptors (Lipinski definition) is 16. The summed E-state index contributed by atoms with van der Waals surface area (Å²) in [5.74, 6) is 0.185. The predicted octanol–water partition coefficient (Wildman–Crippen LogP) is 7.76. The SMILES string of the molecule is COc1ccc(CO[C@@H]2O[C@H](COCc3ccccc3)[C@@H](O[C@@H]3O[C@@H](C)[C@@H](OCc4ccccc4)[C@@H](OCc4ccccc4)[C@@H]3OCc3ccccc3)[C@H](O[C@@H]3O[C@H](CO[Si](C)(C)C(C)(C)C)[C@H](O)[C@H](O)[C@H]3O)[C@H]2NC(C)=O)cc1. The third-order valence-electron chi connectivity index (χ3n) is 15.2. The van der Waals surface area contributed by atoms with E-state index < -0.39 is 106 Å². The lowest BCUT2D eigenvalue weighted by atomic mass is 9.94. The van der Waals surface area contributed by atoms with Crippen LogP contribution in [0.1, 0.15) is 62.4 Å². The Morgan fingerprint density at radius 3 is 1.52 bits per heavy atom. The van der Waals surface area contributed by atoms with Gasteiger partial charge < -0.3 is 77.2 Å². The average Bonchev–Trinajstić information content (AvgIpc) is 3.47. The van der Waals surface area contributed by atoms with Gasteiger partial charge in [-0.2, -0.15) is 0 Å². The van der Waals surface area contributed by atoms with Crippen LogP contribution in [0.25, 0.3) is 0 Å². The lowest BCUT2D eigenvalue weighted by Crippen LogP contribution is -2.70. The van der Waals surface area contributed by atoms with Crippen LogP contribution in [0.4, 0.5) is 0 Å². The minimum atomic E-state index is -2.43. The summed E-state index contributed by atoms with van der Waals surface area (Å²) in [4.78, 5) is 13.6. The number of amides is 1. The fourth-order valence-corrected chi connectivity index (χ4v) is 10.6. The molecule has 0 radical (unpaired) electrons. The molecule has 80 heavy (non-hydrogen) atoms. The van der Waals surface area contributed by atoms with Gasteiger partial charge in [0.2, 0.25) is 5.91 Å². The zero-order valence-corrected chi connectivity index (χ0v) is 48.1. The van der Waals surface area contributed by atoms with Crippen molar-refractivity contribution in [1.29, 1.82) is 0 Å². The van der Waals surface area contributed by atoms with Crippen molar-refractivity contribution in [3.05, 3.63) is 173 Å². The maximum atomic E-state index is 13.6. The number of aliphatic hydroxyl groups excluding tert-OH is 3. The van der Waals surface area contributed by atoms with Gasteiger partial charge in [0.15, 0.2) is 27.2 Å². The van der Waals surface area contributed by atoms with Gasteiger partial charge in [-0.15, -0.1) is 0 Å². The Hall–Kier alpha value is -4.97. The molecule has 5 aromatic carbocycles. The zero-order chi connectivity index (χ0) is 56.8. The molecule has 3 saturated heterocycles. The van der Waals surface area contributed by atoms with Gasteiger partial charge in [0.25, 0.3) is 0 Å². The molecule has 15 atom stereocenters. The molecular weight excluding hydrogens is 1040 g/mol. The van der Waals surface area contributed by atoms with Crippen LogP contribution in [0, 0.1) is 0 Å². The summed E-state index contributed by atoms with van der Waals surface area (Å²) >= 11 is 0. The van der Waals surface area contributed by atoms with Gasteiger partial charge in [0.05, 0.1) is 59.5 Å². The van der Waals surface area contributed by atoms with E-state index in [1.165, 1.54) is 6.92 Å². The summed E-state index contributed by atoms with van der Waals surface area (Å²) in [7, 11) is -0.844. The molecule has 18 heteroatoms. The highest BCUT2D eigenvalue weighted by Gasteiger charge is 2.56. The Balaban J connectivity index is 1.20. The van der Waals surface area contributed by atoms with E-state index in [9.17, 15) is 20.1 Å². The van der Waals surface area contributed by atoms with E-state index in [1.807, 2.05) is 153 Å². The summed E-state index contributed by atoms with van der Waals surface area (Å²) in [6.45, 7) is 14.2. The quantitative estimate of drug-likeness (QED) is 0.0413. The molecule has 0 saturated carbocycles. The fraction of sp³-hybridized carbons (Fsp3) is 0.500. The third-order valence-corrected chi connectivity index (χ3v) is 19.7. The van der Waals surface area contributed by atoms with Gasteiger partial charge in [0.1, 0.15) is 72.8 Å². The molecule has 0 aliphatic carbocycles. The van der Waals surface area contributed by atoms with Crippen LogP contribution < -0.4 is 10.1 Å². The summed E-state index contributed by atoms with van der Waals surface area (Å²) in [6.07, 6.45) is -17.2. The second-order valence-electron chi connectivity index (χ2n) is 22.2. The second-order valence-corrected chi connectivity index (χ2v) is 27.0. The maximum Gasteiger partial charge on any atom is 0.217 e. The molecule has 3 heterocycles. The molecule has 1 amide bonds. The van der Waals surface area contributed by atoms with E-state index in [-0.39, 0.29) is 51.3 Å². The third kappa shape index (κ3) is 16.4. The van der Waals surface area contributed by atoms with Gasteiger partial charge >= 0.3 is 0 Å². The maximum absolute atomic E-state index is 13.6. The summed E-state index contributed by atoms with van der Waals surface area (Å²) < 4.78 is 80.4. The fourth-order valence-electron chi connectivity index (χ4n) is 9.62. The molecular formula is C62H81NO16Si. The van der Waals surface area contributed by atoms with Gasteiger partial charge in [-0.3, -0.25) is 4.79 Å². The number of aliphatic hydroxyl groups is 3. The van der Waals surface area contributed by atoms with Gasteiger partial charge in [-0.25, -0.2) is 0 Å². The van der Waals surface area contributed by atoms with Crippen LogP contribution in [-0.4, -0.2) is 142 Å². The zero-order valence-electron chi connectivity index (χ0n) is 47.1. The largest absolute Gasteiger partial charge is 0.497 e. The molecule has 434 valence electrons. The highest BCUT2D eigenvalue weighted by atomic mass is 28.4. The first kappa shape index (κ1) is 61.1. The van der Waals surface area contributed by atoms with E-state index in [1.54, 1.807) is 7.11 Å². The summed E-state index contributed by atoms with van der Waals surface area (Å²) in [5.41, 5.74) is 4.41. The Bertz CT molecular complexity index is 2600. The minimum absolute atomic E-state index is 0.0182. The van der Waals surface area contributed by atoms with Crippen molar-refractivity contribution in [3.8, 4) is 5.75 Å². The highest BCUT2D eigenvalue weighted by Crippen LogP contribution is 2.39. The molecule has 0 unspecified atom stereocenters. The normalized spacial score (nSPS) is 29.2. The second kappa shape index (κ2) is 28.8. The summed E-state index contributed by atoms with van der Waals surface area (Å²) in [5, 5.41) is 37.8. The number of benzene rings is 5. The van der Waals surface area contributed by atoms with Crippen LogP contribution in [0.3, 0.4) is 0 Å². The Morgan fingerprint density at radius 2 is 1.00 bits per heavy atom. The van der Waals surface area contributed by atoms with Crippen molar-refractivity contribution < 1.29 is 76.6 Å². The standard InChI is InChI=1S/C62H81NO16Si/c1-40-54(70-34-43-23-15-10-16-24-43)57(71-35-44-25-17-11-18-26-44)58(72-36-45-27-19-12-20-28-45)61(75-40)78-55-49(38-69-33-42-21-13-9-14-22-42)77-59(73-37-46-29-31-47(68-6)32-30-46)50(63-41(2)64)56(55)79-60-53(67)52(66)51(65)48(76-60)39-74-80(7,8)62(3,4)5/h9-32,40,48-61,65-67H,33-39H2,1-8H3,(H,63,64)/t40-,48+,49+,50+,51-,52-,53+,54+,55+,56+,57+,58-,59+,60-,61-/m0/s1. The molecule has 5 aromatic rings. The van der Waals surface area contributed by atoms with Gasteiger partial charge in [0, 0.05) is 6.92 Å². The Morgan fingerprint density at radius 1 is 0.525 bits per heavy atom. The molecule has 0 aromatic heterocycles. The lowest BCUT2D eigenvalue weighted by molar-refractivity contribution is -0.380. The lowest BCUT2D eigenvalue weighted by Gasteiger charge is -2.51. The van der Waals surface area contributed by atoms with E-state index in [0.29, 0.717) is 5.75 Å². The van der Waals surface area contributed by atoms with Crippen LogP contribution in [0.2, 0.25) is 18.1 Å². The van der Waals surface area contributed by atoms with Gasteiger partial charge in [-0.05, 0) is 65.0 Å². The monoisotopic (exact) mass is 1120 g/mol. The molecule has 0 spiro atoms. The number of rotatable bonds is 25. The van der Waals surface area contributed by atoms with E-state index in [0.717, 1.165) is 27.8 Å². The molecule has 0 bridgehead atoms. The van der Waals surface area contributed by atoms with Crippen LogP contribution in [0.15, 0.2) is 146 Å². The summed E-state index contributed by atoms with van der Waals surface area (Å²) in [6, 6.07) is 45.1. The Labute approximate surface area is 471 Å². The van der Waals surface area contributed by atoms with Crippen molar-refractivity contribution in [2.75, 3.05) is 20.3 Å². The first-order chi connectivity index (χ1) is 38.5. The van der Waals surface area contributed by atoms with Crippen molar-refractivity contribution in [3.63, 3.8) is 0 Å². The molecule has 3 aliphatic rings. The van der Waals surface area contributed by atoms with Crippen LogP contribution >= 0.6 is 0 Å². The first-order valence-electron chi connectivity index (χ1n) is 27.5. The minimum Gasteiger partial charge on any atom is -0.497 e. The molecule has 8 rings (SSSR count). The van der Waals surface area contributed by atoms with Crippen LogP contribution in [-0.2, 0) is 89.6 Å². The first-order valence-corrected chi connectivity index (χ1v) is 30.4. The number of methoxy groups -OCH3 is 1. The van der Waals surface area contributed by atoms with Crippen molar-refractivity contribution in [2.24, 2.45) is 0 Å². The molecule has 17 nitrogen and oxygen atoms in total. The molecule has 4 N–H and O–H groups in total. The highest BCUT2D eigenvalue weighted by molar-refractivity contribution is 6.74. The Kier molecular flexibility index (Phi) is 22.0. The number of hydrogen-bond donors (Lipinski definition) is 4. The van der Waals surface area contributed by atoms with Crippen molar-refractivity contribution in [2.45, 2.75) is 178 Å².